The van der Waals surface area contributed by atoms with Gasteiger partial charge in [-0.1, -0.05) is 0 Å². The molecule has 0 aliphatic carbocycles. The van der Waals surface area contributed by atoms with E-state index >= 15 is 0 Å². The second kappa shape index (κ2) is 3.35. The molecule has 4 heteroatoms. The van der Waals surface area contributed by atoms with Crippen LogP contribution in [0.25, 0.3) is 0 Å². The quantitative estimate of drug-likeness (QED) is 0.734. The van der Waals surface area contributed by atoms with Crippen LogP contribution in [-0.4, -0.2) is 9.97 Å². The smallest absolute Gasteiger partial charge is 0.115 e. The predicted octanol–water partition coefficient (Wildman–Crippen LogP) is 1.88. The highest BCUT2D eigenvalue weighted by molar-refractivity contribution is 14.1. The van der Waals surface area contributed by atoms with Gasteiger partial charge in [0, 0.05) is 6.20 Å². The van der Waals surface area contributed by atoms with E-state index in [9.17, 15) is 0 Å². The lowest BCUT2D eigenvalue weighted by molar-refractivity contribution is 0.650. The predicted molar refractivity (Wildman–Crippen MR) is 53.4 cm³/mol. The number of hydrogen-bond acceptors (Lipinski definition) is 3. The lowest BCUT2D eigenvalue weighted by Gasteiger charge is -2.14. The minimum Gasteiger partial charge on any atom is -0.244 e. The molecule has 62 valence electrons. The second-order valence-electron chi connectivity index (χ2n) is 2.96. The summed E-state index contributed by atoms with van der Waals surface area (Å²) in [6.45, 7) is 3.69. The van der Waals surface area contributed by atoms with Crippen molar-refractivity contribution in [2.24, 2.45) is 0 Å². The molecular formula is C8H8IN3. The van der Waals surface area contributed by atoms with E-state index in [1.54, 1.807) is 6.20 Å². The van der Waals surface area contributed by atoms with Gasteiger partial charge in [0.2, 0.25) is 0 Å². The van der Waals surface area contributed by atoms with Crippen molar-refractivity contribution in [2.75, 3.05) is 0 Å². The van der Waals surface area contributed by atoms with Crippen LogP contribution in [0.15, 0.2) is 12.5 Å². The highest BCUT2D eigenvalue weighted by atomic mass is 127. The molecule has 0 spiro atoms. The Morgan fingerprint density at radius 1 is 1.58 bits per heavy atom. The van der Waals surface area contributed by atoms with Crippen molar-refractivity contribution in [3.63, 3.8) is 0 Å². The van der Waals surface area contributed by atoms with Crippen molar-refractivity contribution in [3.05, 3.63) is 21.8 Å². The third-order valence-corrected chi connectivity index (χ3v) is 2.33. The maximum Gasteiger partial charge on any atom is 0.115 e. The van der Waals surface area contributed by atoms with Crippen LogP contribution in [0, 0.1) is 14.9 Å². The summed E-state index contributed by atoms with van der Waals surface area (Å²) in [5, 5.41) is 8.86. The van der Waals surface area contributed by atoms with E-state index in [4.69, 9.17) is 5.26 Å². The third kappa shape index (κ3) is 1.72. The lowest BCUT2D eigenvalue weighted by Crippen LogP contribution is -2.17. The zero-order chi connectivity index (χ0) is 9.19. The first-order valence-electron chi connectivity index (χ1n) is 3.45. The summed E-state index contributed by atoms with van der Waals surface area (Å²) in [5.74, 6) is 0. The fraction of sp³-hybridized carbons (Fsp3) is 0.375. The Labute approximate surface area is 85.0 Å². The van der Waals surface area contributed by atoms with Crippen molar-refractivity contribution < 1.29 is 0 Å². The summed E-state index contributed by atoms with van der Waals surface area (Å²) in [6, 6.07) is 2.20. The number of halogens is 1. The number of rotatable bonds is 1. The number of nitriles is 1. The standard InChI is InChI=1S/C8H8IN3/c1-8(2,4-10)7-6(9)3-11-5-12-7/h3,5H,1-2H3. The summed E-state index contributed by atoms with van der Waals surface area (Å²) in [4.78, 5) is 7.94. The first-order valence-corrected chi connectivity index (χ1v) is 4.53. The van der Waals surface area contributed by atoms with Gasteiger partial charge < -0.3 is 0 Å². The first-order chi connectivity index (χ1) is 5.58. The summed E-state index contributed by atoms with van der Waals surface area (Å²) in [5.41, 5.74) is 0.264. The second-order valence-corrected chi connectivity index (χ2v) is 4.12. The minimum atomic E-state index is -0.528. The Bertz CT molecular complexity index is 327. The van der Waals surface area contributed by atoms with Crippen molar-refractivity contribution >= 4 is 22.6 Å². The fourth-order valence-electron chi connectivity index (χ4n) is 0.826. The van der Waals surface area contributed by atoms with Crippen LogP contribution in [0.3, 0.4) is 0 Å². The number of aromatic nitrogens is 2. The minimum absolute atomic E-state index is 0.528. The molecule has 0 unspecified atom stereocenters. The summed E-state index contributed by atoms with van der Waals surface area (Å²) >= 11 is 2.13. The van der Waals surface area contributed by atoms with Crippen molar-refractivity contribution in [3.8, 4) is 6.07 Å². The zero-order valence-electron chi connectivity index (χ0n) is 6.87. The van der Waals surface area contributed by atoms with E-state index < -0.39 is 5.41 Å². The van der Waals surface area contributed by atoms with E-state index in [2.05, 4.69) is 38.6 Å². The Hall–Kier alpha value is -0.700. The molecule has 12 heavy (non-hydrogen) atoms. The molecule has 0 saturated heterocycles. The molecule has 0 radical (unpaired) electrons. The Balaban J connectivity index is 3.22. The fourth-order valence-corrected chi connectivity index (χ4v) is 1.80. The van der Waals surface area contributed by atoms with Gasteiger partial charge in [-0.15, -0.1) is 0 Å². The highest BCUT2D eigenvalue weighted by Crippen LogP contribution is 2.23. The molecule has 1 rings (SSSR count). The molecule has 0 aliphatic heterocycles. The van der Waals surface area contributed by atoms with Crippen LogP contribution in [0.2, 0.25) is 0 Å². The average molecular weight is 273 g/mol. The van der Waals surface area contributed by atoms with Gasteiger partial charge in [-0.3, -0.25) is 0 Å². The molecule has 0 fully saturated rings. The van der Waals surface area contributed by atoms with E-state index in [0.717, 1.165) is 9.26 Å². The van der Waals surface area contributed by atoms with Gasteiger partial charge in [0.25, 0.3) is 0 Å². The largest absolute Gasteiger partial charge is 0.244 e. The molecule has 0 atom stereocenters. The summed E-state index contributed by atoms with van der Waals surface area (Å²) in [7, 11) is 0. The van der Waals surface area contributed by atoms with Crippen LogP contribution in [-0.2, 0) is 5.41 Å². The topological polar surface area (TPSA) is 49.6 Å². The molecule has 1 aromatic rings. The van der Waals surface area contributed by atoms with Crippen LogP contribution < -0.4 is 0 Å². The SMILES string of the molecule is CC(C)(C#N)c1ncncc1I. The average Bonchev–Trinajstić information content (AvgIpc) is 2.05. The molecule has 0 N–H and O–H groups in total. The third-order valence-electron chi connectivity index (χ3n) is 1.54. The van der Waals surface area contributed by atoms with Gasteiger partial charge >= 0.3 is 0 Å². The van der Waals surface area contributed by atoms with E-state index in [-0.39, 0.29) is 0 Å². The molecule has 3 nitrogen and oxygen atoms in total. The normalized spacial score (nSPS) is 10.8. The summed E-state index contributed by atoms with van der Waals surface area (Å²) in [6.07, 6.45) is 3.18. The Morgan fingerprint density at radius 2 is 2.25 bits per heavy atom. The Kier molecular flexibility index (Phi) is 2.62. The molecule has 0 amide bonds. The molecule has 0 aliphatic rings. The van der Waals surface area contributed by atoms with Gasteiger partial charge in [-0.05, 0) is 36.4 Å². The van der Waals surface area contributed by atoms with Crippen LogP contribution in [0.1, 0.15) is 19.5 Å². The van der Waals surface area contributed by atoms with Gasteiger partial charge in [0.1, 0.15) is 6.33 Å². The molecular weight excluding hydrogens is 265 g/mol. The van der Waals surface area contributed by atoms with Crippen LogP contribution in [0.4, 0.5) is 0 Å². The summed E-state index contributed by atoms with van der Waals surface area (Å²) < 4.78 is 0.932. The van der Waals surface area contributed by atoms with E-state index in [1.807, 2.05) is 13.8 Å². The highest BCUT2D eigenvalue weighted by Gasteiger charge is 2.23. The molecule has 1 heterocycles. The van der Waals surface area contributed by atoms with Gasteiger partial charge in [0.05, 0.1) is 20.7 Å². The van der Waals surface area contributed by atoms with E-state index in [1.165, 1.54) is 6.33 Å². The maximum atomic E-state index is 8.86. The van der Waals surface area contributed by atoms with Gasteiger partial charge in [0.15, 0.2) is 0 Å². The number of hydrogen-bond donors (Lipinski definition) is 0. The Morgan fingerprint density at radius 3 is 2.75 bits per heavy atom. The maximum absolute atomic E-state index is 8.86. The van der Waals surface area contributed by atoms with Crippen molar-refractivity contribution in [1.29, 1.82) is 5.26 Å². The molecule has 1 aromatic heterocycles. The van der Waals surface area contributed by atoms with E-state index in [0.29, 0.717) is 0 Å². The number of nitrogens with zero attached hydrogens (tertiary/aromatic N) is 3. The lowest BCUT2D eigenvalue weighted by atomic mass is 9.91. The monoisotopic (exact) mass is 273 g/mol. The van der Waals surface area contributed by atoms with Crippen LogP contribution in [0.5, 0.6) is 0 Å². The van der Waals surface area contributed by atoms with Crippen molar-refractivity contribution in [2.45, 2.75) is 19.3 Å². The van der Waals surface area contributed by atoms with Gasteiger partial charge in [-0.2, -0.15) is 5.26 Å². The van der Waals surface area contributed by atoms with Crippen LogP contribution >= 0.6 is 22.6 Å². The molecule has 0 bridgehead atoms. The molecule has 0 aromatic carbocycles. The zero-order valence-corrected chi connectivity index (χ0v) is 9.03. The first kappa shape index (κ1) is 9.39. The van der Waals surface area contributed by atoms with Crippen molar-refractivity contribution in [1.82, 2.24) is 9.97 Å². The van der Waals surface area contributed by atoms with Gasteiger partial charge in [-0.25, -0.2) is 9.97 Å². The molecule has 0 saturated carbocycles.